The van der Waals surface area contributed by atoms with Gasteiger partial charge in [0, 0.05) is 38.1 Å². The lowest BCUT2D eigenvalue weighted by molar-refractivity contribution is 0.143. The Hall–Kier alpha value is -1.64. The molecule has 0 aliphatic carbocycles. The summed E-state index contributed by atoms with van der Waals surface area (Å²) in [4.78, 5) is 2.65. The van der Waals surface area contributed by atoms with Crippen LogP contribution in [-0.2, 0) is 0 Å². The Kier molecular flexibility index (Phi) is 3.06. The Morgan fingerprint density at radius 1 is 0.900 bits per heavy atom. The van der Waals surface area contributed by atoms with Crippen LogP contribution < -0.4 is 5.32 Å². The molecule has 20 heavy (non-hydrogen) atoms. The first-order chi connectivity index (χ1) is 9.93. The smallest absolute Gasteiger partial charge is 0.0476 e. The van der Waals surface area contributed by atoms with E-state index in [1.165, 1.54) is 16.7 Å². The molecule has 2 nitrogen and oxygen atoms in total. The van der Waals surface area contributed by atoms with E-state index in [1.54, 1.807) is 0 Å². The summed E-state index contributed by atoms with van der Waals surface area (Å²) >= 11 is 0. The zero-order chi connectivity index (χ0) is 13.4. The van der Waals surface area contributed by atoms with Gasteiger partial charge in [0.25, 0.3) is 0 Å². The fourth-order valence-electron chi connectivity index (χ4n) is 3.71. The number of nitrogens with zero attached hydrogens (tertiary/aromatic N) is 1. The fraction of sp³-hybridized carbons (Fsp3) is 0.333. The van der Waals surface area contributed by atoms with Crippen LogP contribution in [0.15, 0.2) is 54.6 Å². The molecular formula is C18H20N2. The Balaban J connectivity index is 1.81. The second kappa shape index (κ2) is 5.04. The van der Waals surface area contributed by atoms with Gasteiger partial charge in [-0.2, -0.15) is 0 Å². The predicted octanol–water partition coefficient (Wildman–Crippen LogP) is 2.78. The largest absolute Gasteiger partial charge is 0.314 e. The topological polar surface area (TPSA) is 15.3 Å². The zero-order valence-corrected chi connectivity index (χ0v) is 11.6. The van der Waals surface area contributed by atoms with Gasteiger partial charge in [-0.1, -0.05) is 54.6 Å². The summed E-state index contributed by atoms with van der Waals surface area (Å²) in [5.74, 6) is 0.516. The van der Waals surface area contributed by atoms with Crippen molar-refractivity contribution in [3.05, 3.63) is 71.3 Å². The highest BCUT2D eigenvalue weighted by atomic mass is 15.2. The maximum absolute atomic E-state index is 3.54. The van der Waals surface area contributed by atoms with E-state index in [0.29, 0.717) is 12.0 Å². The minimum atomic E-state index is 0.516. The molecule has 0 radical (unpaired) electrons. The van der Waals surface area contributed by atoms with E-state index in [0.717, 1.165) is 26.2 Å². The van der Waals surface area contributed by atoms with Crippen LogP contribution in [0, 0.1) is 0 Å². The van der Waals surface area contributed by atoms with E-state index in [9.17, 15) is 0 Å². The predicted molar refractivity (Wildman–Crippen MR) is 81.9 cm³/mol. The van der Waals surface area contributed by atoms with Gasteiger partial charge in [0.15, 0.2) is 0 Å². The summed E-state index contributed by atoms with van der Waals surface area (Å²) in [6, 6.07) is 20.5. The van der Waals surface area contributed by atoms with Gasteiger partial charge in [0.2, 0.25) is 0 Å². The summed E-state index contributed by atoms with van der Waals surface area (Å²) in [5.41, 5.74) is 4.47. The molecule has 2 atom stereocenters. The van der Waals surface area contributed by atoms with Crippen molar-refractivity contribution >= 4 is 0 Å². The van der Waals surface area contributed by atoms with Crippen molar-refractivity contribution in [1.29, 1.82) is 0 Å². The summed E-state index contributed by atoms with van der Waals surface area (Å²) in [5, 5.41) is 3.54. The molecule has 0 unspecified atom stereocenters. The maximum Gasteiger partial charge on any atom is 0.0476 e. The molecule has 2 aromatic carbocycles. The number of hydrogen-bond acceptors (Lipinski definition) is 2. The molecule has 2 aliphatic rings. The lowest BCUT2D eigenvalue weighted by Gasteiger charge is -2.44. The molecule has 1 fully saturated rings. The van der Waals surface area contributed by atoms with E-state index >= 15 is 0 Å². The number of nitrogens with one attached hydrogen (secondary N) is 1. The first kappa shape index (κ1) is 12.1. The van der Waals surface area contributed by atoms with Crippen molar-refractivity contribution in [1.82, 2.24) is 10.2 Å². The molecule has 1 saturated heterocycles. The quantitative estimate of drug-likeness (QED) is 0.852. The van der Waals surface area contributed by atoms with Crippen molar-refractivity contribution in [2.24, 2.45) is 0 Å². The first-order valence-corrected chi connectivity index (χ1v) is 7.52. The summed E-state index contributed by atoms with van der Waals surface area (Å²) in [6.45, 7) is 4.49. The average Bonchev–Trinajstić information content (AvgIpc) is 2.55. The molecule has 0 amide bonds. The van der Waals surface area contributed by atoms with Crippen LogP contribution in [0.5, 0.6) is 0 Å². The lowest BCUT2D eigenvalue weighted by atomic mass is 9.81. The molecule has 102 valence electrons. The monoisotopic (exact) mass is 264 g/mol. The molecule has 0 aromatic heterocycles. The summed E-state index contributed by atoms with van der Waals surface area (Å²) in [6.07, 6.45) is 0. The van der Waals surface area contributed by atoms with Crippen molar-refractivity contribution in [3.63, 3.8) is 0 Å². The third-order valence-corrected chi connectivity index (χ3v) is 4.70. The third-order valence-electron chi connectivity index (χ3n) is 4.70. The Labute approximate surface area is 120 Å². The first-order valence-electron chi connectivity index (χ1n) is 7.52. The van der Waals surface area contributed by atoms with Gasteiger partial charge in [0.1, 0.15) is 0 Å². The van der Waals surface area contributed by atoms with Gasteiger partial charge in [0.05, 0.1) is 0 Å². The molecule has 0 spiro atoms. The Morgan fingerprint density at radius 3 is 2.50 bits per heavy atom. The van der Waals surface area contributed by atoms with Gasteiger partial charge in [-0.3, -0.25) is 4.90 Å². The van der Waals surface area contributed by atoms with Crippen LogP contribution in [-0.4, -0.2) is 31.1 Å². The minimum Gasteiger partial charge on any atom is -0.314 e. The van der Waals surface area contributed by atoms with Crippen LogP contribution in [0.3, 0.4) is 0 Å². The fourth-order valence-corrected chi connectivity index (χ4v) is 3.71. The molecule has 2 aliphatic heterocycles. The highest BCUT2D eigenvalue weighted by Gasteiger charge is 2.34. The Bertz CT molecular complexity index is 593. The minimum absolute atomic E-state index is 0.516. The van der Waals surface area contributed by atoms with Crippen LogP contribution in [0.25, 0.3) is 0 Å². The SMILES string of the molecule is c1ccc([C@H]2CN3CCNC[C@@H]3c3ccccc32)cc1. The van der Waals surface area contributed by atoms with E-state index < -0.39 is 0 Å². The van der Waals surface area contributed by atoms with Gasteiger partial charge < -0.3 is 5.32 Å². The normalized spacial score (nSPS) is 25.8. The number of rotatable bonds is 1. The number of fused-ring (bicyclic) bond motifs is 3. The van der Waals surface area contributed by atoms with E-state index in [1.807, 2.05) is 0 Å². The molecule has 4 rings (SSSR count). The number of hydrogen-bond donors (Lipinski definition) is 1. The highest BCUT2D eigenvalue weighted by Crippen LogP contribution is 2.39. The van der Waals surface area contributed by atoms with Crippen molar-refractivity contribution in [2.75, 3.05) is 26.2 Å². The molecule has 2 heterocycles. The van der Waals surface area contributed by atoms with Crippen LogP contribution >= 0.6 is 0 Å². The third kappa shape index (κ3) is 1.96. The standard InChI is InChI=1S/C18H20N2/c1-2-6-14(7-3-1)17-13-20-11-10-19-12-18(20)16-9-5-4-8-15(16)17/h1-9,17-19H,10-13H2/t17-,18-/m1/s1. The summed E-state index contributed by atoms with van der Waals surface area (Å²) in [7, 11) is 0. The lowest BCUT2D eigenvalue weighted by Crippen LogP contribution is -2.50. The van der Waals surface area contributed by atoms with Gasteiger partial charge in [-0.25, -0.2) is 0 Å². The second-order valence-corrected chi connectivity index (χ2v) is 5.81. The summed E-state index contributed by atoms with van der Waals surface area (Å²) < 4.78 is 0. The second-order valence-electron chi connectivity index (χ2n) is 5.81. The molecule has 1 N–H and O–H groups in total. The van der Waals surface area contributed by atoms with Crippen molar-refractivity contribution in [3.8, 4) is 0 Å². The van der Waals surface area contributed by atoms with Gasteiger partial charge >= 0.3 is 0 Å². The van der Waals surface area contributed by atoms with Crippen LogP contribution in [0.1, 0.15) is 28.7 Å². The molecular weight excluding hydrogens is 244 g/mol. The maximum atomic E-state index is 3.54. The van der Waals surface area contributed by atoms with Gasteiger partial charge in [-0.15, -0.1) is 0 Å². The average molecular weight is 264 g/mol. The van der Waals surface area contributed by atoms with Gasteiger partial charge in [-0.05, 0) is 16.7 Å². The van der Waals surface area contributed by atoms with E-state index in [4.69, 9.17) is 0 Å². The number of benzene rings is 2. The van der Waals surface area contributed by atoms with E-state index in [-0.39, 0.29) is 0 Å². The Morgan fingerprint density at radius 2 is 1.65 bits per heavy atom. The van der Waals surface area contributed by atoms with Crippen molar-refractivity contribution in [2.45, 2.75) is 12.0 Å². The zero-order valence-electron chi connectivity index (χ0n) is 11.6. The van der Waals surface area contributed by atoms with Crippen LogP contribution in [0.2, 0.25) is 0 Å². The highest BCUT2D eigenvalue weighted by molar-refractivity contribution is 5.42. The van der Waals surface area contributed by atoms with Crippen molar-refractivity contribution < 1.29 is 0 Å². The molecule has 2 heteroatoms. The number of piperazine rings is 1. The molecule has 0 saturated carbocycles. The van der Waals surface area contributed by atoms with Crippen LogP contribution in [0.4, 0.5) is 0 Å². The molecule has 2 aromatic rings. The van der Waals surface area contributed by atoms with E-state index in [2.05, 4.69) is 64.8 Å². The molecule has 0 bridgehead atoms.